The van der Waals surface area contributed by atoms with E-state index in [4.69, 9.17) is 0 Å². The number of allylic oxidation sites excluding steroid dienone is 2. The molecule has 0 amide bonds. The highest BCUT2D eigenvalue weighted by molar-refractivity contribution is 5.22. The van der Waals surface area contributed by atoms with Crippen molar-refractivity contribution in [2.75, 3.05) is 0 Å². The van der Waals surface area contributed by atoms with Crippen LogP contribution in [0.2, 0.25) is 0 Å². The Hall–Kier alpha value is -0.260. The lowest BCUT2D eigenvalue weighted by Gasteiger charge is -2.24. The summed E-state index contributed by atoms with van der Waals surface area (Å²) in [5.41, 5.74) is 1.91. The molecular formula is C25H46. The minimum Gasteiger partial charge on any atom is -0.0816 e. The molecule has 3 atom stereocenters. The summed E-state index contributed by atoms with van der Waals surface area (Å²) in [6.07, 6.45) is 29.2. The summed E-state index contributed by atoms with van der Waals surface area (Å²) in [7, 11) is 0. The van der Waals surface area contributed by atoms with Gasteiger partial charge in [-0.05, 0) is 49.9 Å². The van der Waals surface area contributed by atoms with Crippen molar-refractivity contribution in [2.45, 2.75) is 129 Å². The molecule has 0 nitrogen and oxygen atoms in total. The van der Waals surface area contributed by atoms with Crippen LogP contribution in [0.1, 0.15) is 129 Å². The number of hydrogen-bond acceptors (Lipinski definition) is 0. The molecule has 2 bridgehead atoms. The van der Waals surface area contributed by atoms with Gasteiger partial charge >= 0.3 is 0 Å². The average molecular weight is 347 g/mol. The molecule has 25 heavy (non-hydrogen) atoms. The Bertz CT molecular complexity index is 353. The van der Waals surface area contributed by atoms with Crippen LogP contribution >= 0.6 is 0 Å². The van der Waals surface area contributed by atoms with Gasteiger partial charge in [-0.2, -0.15) is 0 Å². The third-order valence-electron chi connectivity index (χ3n) is 6.91. The molecule has 0 aliphatic heterocycles. The van der Waals surface area contributed by atoms with Crippen molar-refractivity contribution in [1.82, 2.24) is 0 Å². The van der Waals surface area contributed by atoms with Crippen LogP contribution < -0.4 is 0 Å². The van der Waals surface area contributed by atoms with E-state index in [-0.39, 0.29) is 0 Å². The number of hydrogen-bond donors (Lipinski definition) is 0. The van der Waals surface area contributed by atoms with Gasteiger partial charge in [0.15, 0.2) is 0 Å². The smallest absolute Gasteiger partial charge is 0.0195 e. The summed E-state index contributed by atoms with van der Waals surface area (Å²) in [6, 6.07) is 0. The van der Waals surface area contributed by atoms with Crippen LogP contribution in [0.15, 0.2) is 11.6 Å². The second-order valence-electron chi connectivity index (χ2n) is 9.10. The van der Waals surface area contributed by atoms with E-state index in [0.29, 0.717) is 0 Å². The van der Waals surface area contributed by atoms with E-state index in [1.54, 1.807) is 0 Å². The molecule has 0 saturated heterocycles. The van der Waals surface area contributed by atoms with Gasteiger partial charge in [-0.1, -0.05) is 109 Å². The number of rotatable bonds is 16. The molecule has 2 rings (SSSR count). The molecule has 0 radical (unpaired) electrons. The van der Waals surface area contributed by atoms with Crippen molar-refractivity contribution in [1.29, 1.82) is 0 Å². The Balaban J connectivity index is 1.50. The Morgan fingerprint density at radius 3 is 1.80 bits per heavy atom. The molecule has 0 N–H and O–H groups in total. The number of unbranched alkanes of at least 4 members (excludes halogenated alkanes) is 11. The van der Waals surface area contributed by atoms with Crippen LogP contribution in [0.3, 0.4) is 0 Å². The summed E-state index contributed by atoms with van der Waals surface area (Å²) < 4.78 is 0. The maximum Gasteiger partial charge on any atom is -0.0195 e. The minimum atomic E-state index is 0.953. The zero-order chi connectivity index (χ0) is 17.7. The van der Waals surface area contributed by atoms with Crippen molar-refractivity contribution >= 4 is 0 Å². The van der Waals surface area contributed by atoms with Crippen LogP contribution in [0, 0.1) is 17.8 Å². The van der Waals surface area contributed by atoms with Gasteiger partial charge < -0.3 is 0 Å². The van der Waals surface area contributed by atoms with E-state index in [9.17, 15) is 0 Å². The molecule has 2 aliphatic carbocycles. The van der Waals surface area contributed by atoms with Crippen LogP contribution in [0.25, 0.3) is 0 Å². The molecule has 2 aliphatic rings. The van der Waals surface area contributed by atoms with Crippen molar-refractivity contribution < 1.29 is 0 Å². The van der Waals surface area contributed by atoms with Crippen molar-refractivity contribution in [3.63, 3.8) is 0 Å². The lowest BCUT2D eigenvalue weighted by Crippen LogP contribution is -2.11. The largest absolute Gasteiger partial charge is 0.0816 e. The first-order chi connectivity index (χ1) is 12.3. The van der Waals surface area contributed by atoms with Crippen molar-refractivity contribution in [3.05, 3.63) is 11.6 Å². The molecule has 0 heterocycles. The first-order valence-electron chi connectivity index (χ1n) is 12.1. The third-order valence-corrected chi connectivity index (χ3v) is 6.91. The summed E-state index contributed by atoms with van der Waals surface area (Å²) in [5.74, 6) is 2.93. The van der Waals surface area contributed by atoms with Crippen molar-refractivity contribution in [2.24, 2.45) is 17.8 Å². The summed E-state index contributed by atoms with van der Waals surface area (Å²) >= 11 is 0. The maximum absolute atomic E-state index is 2.72. The Morgan fingerprint density at radius 1 is 0.720 bits per heavy atom. The fourth-order valence-corrected chi connectivity index (χ4v) is 5.33. The normalized spacial score (nSPS) is 23.2. The molecule has 1 fully saturated rings. The fourth-order valence-electron chi connectivity index (χ4n) is 5.33. The van der Waals surface area contributed by atoms with Crippen LogP contribution in [0.4, 0.5) is 0 Å². The second kappa shape index (κ2) is 13.0. The highest BCUT2D eigenvalue weighted by Crippen LogP contribution is 2.48. The Morgan fingerprint density at radius 2 is 1.28 bits per heavy atom. The Kier molecular flexibility index (Phi) is 10.9. The minimum absolute atomic E-state index is 0.953. The molecule has 0 aromatic carbocycles. The molecule has 0 spiro atoms. The Labute approximate surface area is 159 Å². The van der Waals surface area contributed by atoms with Gasteiger partial charge in [-0.15, -0.1) is 0 Å². The molecular weight excluding hydrogens is 300 g/mol. The van der Waals surface area contributed by atoms with E-state index in [1.807, 2.05) is 5.57 Å². The van der Waals surface area contributed by atoms with Gasteiger partial charge in [-0.3, -0.25) is 0 Å². The second-order valence-corrected chi connectivity index (χ2v) is 9.10. The molecule has 0 aromatic rings. The molecule has 3 unspecified atom stereocenters. The van der Waals surface area contributed by atoms with Gasteiger partial charge in [0.1, 0.15) is 0 Å². The zero-order valence-electron chi connectivity index (χ0n) is 17.5. The van der Waals surface area contributed by atoms with E-state index in [0.717, 1.165) is 17.8 Å². The monoisotopic (exact) mass is 346 g/mol. The van der Waals surface area contributed by atoms with Gasteiger partial charge in [0, 0.05) is 0 Å². The predicted molar refractivity (Wildman–Crippen MR) is 113 cm³/mol. The van der Waals surface area contributed by atoms with E-state index in [2.05, 4.69) is 19.9 Å². The molecule has 0 aromatic heterocycles. The summed E-state index contributed by atoms with van der Waals surface area (Å²) in [4.78, 5) is 0. The highest BCUT2D eigenvalue weighted by atomic mass is 14.4. The van der Waals surface area contributed by atoms with Crippen LogP contribution in [0.5, 0.6) is 0 Å². The quantitative estimate of drug-likeness (QED) is 0.193. The lowest BCUT2D eigenvalue weighted by molar-refractivity contribution is 0.421. The van der Waals surface area contributed by atoms with E-state index < -0.39 is 0 Å². The van der Waals surface area contributed by atoms with E-state index in [1.165, 1.54) is 116 Å². The zero-order valence-corrected chi connectivity index (χ0v) is 17.5. The topological polar surface area (TPSA) is 0 Å². The van der Waals surface area contributed by atoms with Gasteiger partial charge in [-0.25, -0.2) is 0 Å². The van der Waals surface area contributed by atoms with Gasteiger partial charge in [0.25, 0.3) is 0 Å². The maximum atomic E-state index is 2.72. The standard InChI is InChI=1S/C25H46/c1-3-5-7-8-9-10-11-12-13-14-15-17-23(16-6-4-2)25-21-22-18-19-24(25)20-22/h21-24H,3-20H2,1-2H3. The summed E-state index contributed by atoms with van der Waals surface area (Å²) in [5, 5.41) is 0. The first kappa shape index (κ1) is 21.0. The highest BCUT2D eigenvalue weighted by Gasteiger charge is 2.35. The lowest BCUT2D eigenvalue weighted by atomic mass is 9.81. The average Bonchev–Trinajstić information content (AvgIpc) is 3.25. The van der Waals surface area contributed by atoms with E-state index >= 15 is 0 Å². The SMILES string of the molecule is CCCCCCCCCCCCCC(CCCC)C1=CC2CCC1C2. The molecule has 1 saturated carbocycles. The van der Waals surface area contributed by atoms with Gasteiger partial charge in [0.2, 0.25) is 0 Å². The van der Waals surface area contributed by atoms with Crippen LogP contribution in [-0.2, 0) is 0 Å². The fraction of sp³-hybridized carbons (Fsp3) is 0.920. The van der Waals surface area contributed by atoms with Crippen molar-refractivity contribution in [3.8, 4) is 0 Å². The first-order valence-corrected chi connectivity index (χ1v) is 12.1. The predicted octanol–water partition coefficient (Wildman–Crippen LogP) is 8.85. The third kappa shape index (κ3) is 7.88. The number of fused-ring (bicyclic) bond motifs is 2. The molecule has 0 heteroatoms. The van der Waals surface area contributed by atoms with Gasteiger partial charge in [0.05, 0.1) is 0 Å². The molecule has 146 valence electrons. The summed E-state index contributed by atoms with van der Waals surface area (Å²) in [6.45, 7) is 4.66. The van der Waals surface area contributed by atoms with Crippen LogP contribution in [-0.4, -0.2) is 0 Å².